The average molecular weight is 456 g/mol. The summed E-state index contributed by atoms with van der Waals surface area (Å²) in [5.74, 6) is -0.512. The van der Waals surface area contributed by atoms with Gasteiger partial charge in [0, 0.05) is 36.0 Å². The van der Waals surface area contributed by atoms with Crippen LogP contribution < -0.4 is 11.0 Å². The molecule has 0 aliphatic heterocycles. The van der Waals surface area contributed by atoms with Gasteiger partial charge < -0.3 is 10.4 Å². The van der Waals surface area contributed by atoms with Crippen molar-refractivity contribution in [3.8, 4) is 0 Å². The molecule has 5 rings (SSSR count). The molecule has 0 amide bonds. The first-order chi connectivity index (χ1) is 16.8. The number of fused-ring (bicyclic) bond motifs is 2. The summed E-state index contributed by atoms with van der Waals surface area (Å²) in [6.07, 6.45) is 1.14. The van der Waals surface area contributed by atoms with Crippen LogP contribution in [0, 0.1) is 6.92 Å². The van der Waals surface area contributed by atoms with Crippen molar-refractivity contribution in [1.82, 2.24) is 28.7 Å². The van der Waals surface area contributed by atoms with E-state index in [0.717, 1.165) is 4.57 Å². The van der Waals surface area contributed by atoms with Crippen LogP contribution in [0.25, 0.3) is 22.2 Å². The van der Waals surface area contributed by atoms with Crippen LogP contribution >= 0.6 is 0 Å². The Kier molecular flexibility index (Phi) is 3.83. The Labute approximate surface area is 191 Å². The Bertz CT molecular complexity index is 1580. The molecule has 1 saturated carbocycles. The Hall–Kier alpha value is -3.76. The maximum absolute atomic E-state index is 13.7. The number of aryl methyl sites for hydroxylation is 2. The van der Waals surface area contributed by atoms with Gasteiger partial charge in [-0.15, -0.1) is 0 Å². The number of carboxylic acids is 1. The normalized spacial score (nSPS) is 22.2. The van der Waals surface area contributed by atoms with E-state index in [1.54, 1.807) is 32.9 Å². The number of aliphatic carboxylic acids is 1. The van der Waals surface area contributed by atoms with Crippen LogP contribution in [-0.4, -0.2) is 45.9 Å². The van der Waals surface area contributed by atoms with Crippen molar-refractivity contribution in [2.24, 2.45) is 6.98 Å². The van der Waals surface area contributed by atoms with E-state index in [1.165, 1.54) is 21.7 Å². The van der Waals surface area contributed by atoms with Crippen molar-refractivity contribution in [2.75, 3.05) is 5.32 Å². The van der Waals surface area contributed by atoms with Gasteiger partial charge in [-0.05, 0) is 32.4 Å². The van der Waals surface area contributed by atoms with Gasteiger partial charge in [0.1, 0.15) is 28.9 Å². The summed E-state index contributed by atoms with van der Waals surface area (Å²) in [7, 11) is 0. The van der Waals surface area contributed by atoms with E-state index in [0.29, 0.717) is 33.9 Å². The largest absolute Gasteiger partial charge is 0.479 e. The monoisotopic (exact) mass is 456 g/mol. The van der Waals surface area contributed by atoms with Crippen LogP contribution in [0.1, 0.15) is 42.4 Å². The van der Waals surface area contributed by atoms with Crippen LogP contribution in [0.2, 0.25) is 0 Å². The molecular weight excluding hydrogens is 429 g/mol. The Morgan fingerprint density at radius 1 is 1.30 bits per heavy atom. The second-order valence-electron chi connectivity index (χ2n) is 8.72. The van der Waals surface area contributed by atoms with E-state index in [-0.39, 0.29) is 24.4 Å². The van der Waals surface area contributed by atoms with Gasteiger partial charge in [-0.3, -0.25) is 13.7 Å². The first-order valence-electron chi connectivity index (χ1n) is 12.0. The lowest BCUT2D eigenvalue weighted by Gasteiger charge is -2.41. The highest BCUT2D eigenvalue weighted by Gasteiger charge is 2.53. The molecule has 33 heavy (non-hydrogen) atoms. The summed E-state index contributed by atoms with van der Waals surface area (Å²) in [5.41, 5.74) is -0.0493. The molecule has 11 heteroatoms. The van der Waals surface area contributed by atoms with Crippen LogP contribution in [0.5, 0.6) is 0 Å². The summed E-state index contributed by atoms with van der Waals surface area (Å²) in [5, 5.41) is 12.9. The molecule has 1 aliphatic rings. The third-order valence-electron chi connectivity index (χ3n) is 6.21. The zero-order valence-electron chi connectivity index (χ0n) is 21.2. The number of hydrogen-bond acceptors (Lipinski definition) is 6. The predicted molar refractivity (Wildman–Crippen MR) is 121 cm³/mol. The number of aromatic nitrogens is 6. The fraction of sp³-hybridized carbons (Fsp3) is 0.409. The molecule has 0 spiro atoms. The molecule has 2 N–H and O–H groups in total. The summed E-state index contributed by atoms with van der Waals surface area (Å²) in [6.45, 7) is 2.68. The Balaban J connectivity index is 1.60. The molecule has 4 aromatic heterocycles. The smallest absolute Gasteiger partial charge is 0.330 e. The number of carboxylic acid groups (broad SMARTS) is 1. The molecule has 0 saturated heterocycles. The minimum Gasteiger partial charge on any atom is -0.479 e. The molecule has 0 aromatic carbocycles. The molecule has 1 aliphatic carbocycles. The van der Waals surface area contributed by atoms with Crippen LogP contribution in [0.15, 0.2) is 29.5 Å². The third kappa shape index (κ3) is 3.02. The van der Waals surface area contributed by atoms with Gasteiger partial charge in [-0.25, -0.2) is 28.9 Å². The zero-order chi connectivity index (χ0) is 26.2. The first kappa shape index (κ1) is 17.8. The van der Waals surface area contributed by atoms with E-state index in [9.17, 15) is 19.1 Å². The zero-order valence-corrected chi connectivity index (χ0v) is 18.2. The minimum absolute atomic E-state index is 0.169. The highest BCUT2D eigenvalue weighted by atomic mass is 19.1. The fourth-order valence-corrected chi connectivity index (χ4v) is 4.49. The topological polar surface area (TPSA) is 120 Å². The standard InChI is InChI=1S/C22H24FN7O3/c1-11(2)30-14-6-16(24-9-15(14)28(4)21(30)33)26-17-5-12(3)18-19(27-17)29(10-25-18)22(20(31)32)7-13(23)8-22/h5-6,9-11,13H,7-8H2,1-4H3,(H,31,32)(H,24,26,27)/i4D3. The highest BCUT2D eigenvalue weighted by molar-refractivity contribution is 5.85. The second kappa shape index (κ2) is 7.12. The van der Waals surface area contributed by atoms with Crippen molar-refractivity contribution in [2.45, 2.75) is 51.4 Å². The van der Waals surface area contributed by atoms with Gasteiger partial charge >= 0.3 is 11.7 Å². The lowest BCUT2D eigenvalue weighted by molar-refractivity contribution is -0.156. The second-order valence-corrected chi connectivity index (χ2v) is 8.72. The minimum atomic E-state index is -2.67. The Morgan fingerprint density at radius 3 is 2.70 bits per heavy atom. The van der Waals surface area contributed by atoms with E-state index in [4.69, 9.17) is 4.11 Å². The molecule has 0 radical (unpaired) electrons. The molecule has 4 heterocycles. The average Bonchev–Trinajstić information content (AvgIpc) is 3.29. The van der Waals surface area contributed by atoms with E-state index >= 15 is 0 Å². The number of carbonyl (C=O) groups is 1. The van der Waals surface area contributed by atoms with Crippen LogP contribution in [0.3, 0.4) is 0 Å². The van der Waals surface area contributed by atoms with Gasteiger partial charge in [0.25, 0.3) is 0 Å². The number of hydrogen-bond donors (Lipinski definition) is 2. The van der Waals surface area contributed by atoms with E-state index in [1.807, 2.05) is 0 Å². The summed E-state index contributed by atoms with van der Waals surface area (Å²) >= 11 is 0. The number of anilines is 2. The predicted octanol–water partition coefficient (Wildman–Crippen LogP) is 3.02. The van der Waals surface area contributed by atoms with Crippen molar-refractivity contribution >= 4 is 39.8 Å². The SMILES string of the molecule is [2H]C([2H])([2H])n1c(=O)n(C(C)C)c2cc(Nc3cc(C)c4ncn(C5(C(=O)O)CC(F)C5)c4n3)ncc21. The number of nitrogens with one attached hydrogen (secondary N) is 1. The third-order valence-corrected chi connectivity index (χ3v) is 6.21. The van der Waals surface area contributed by atoms with Gasteiger partial charge in [0.05, 0.1) is 23.6 Å². The number of nitrogens with zero attached hydrogens (tertiary/aromatic N) is 6. The van der Waals surface area contributed by atoms with E-state index < -0.39 is 30.3 Å². The van der Waals surface area contributed by atoms with Gasteiger partial charge in [0.2, 0.25) is 0 Å². The molecular formula is C22H24FN7O3. The molecule has 10 nitrogen and oxygen atoms in total. The number of alkyl halides is 1. The van der Waals surface area contributed by atoms with Crippen molar-refractivity contribution < 1.29 is 18.4 Å². The number of imidazole rings is 2. The quantitative estimate of drug-likeness (QED) is 0.474. The molecule has 4 aromatic rings. The lowest BCUT2D eigenvalue weighted by Crippen LogP contribution is -2.53. The molecule has 172 valence electrons. The van der Waals surface area contributed by atoms with Crippen LogP contribution in [0.4, 0.5) is 16.0 Å². The van der Waals surface area contributed by atoms with Crippen molar-refractivity contribution in [3.05, 3.63) is 40.7 Å². The van der Waals surface area contributed by atoms with Gasteiger partial charge in [-0.1, -0.05) is 0 Å². The van der Waals surface area contributed by atoms with E-state index in [2.05, 4.69) is 20.3 Å². The lowest BCUT2D eigenvalue weighted by atomic mass is 9.75. The number of halogens is 1. The Morgan fingerprint density at radius 2 is 2.06 bits per heavy atom. The highest BCUT2D eigenvalue weighted by Crippen LogP contribution is 2.43. The summed E-state index contributed by atoms with van der Waals surface area (Å²) in [4.78, 5) is 38.0. The number of pyridine rings is 2. The molecule has 0 atom stereocenters. The summed E-state index contributed by atoms with van der Waals surface area (Å²) in [6, 6.07) is 2.97. The fourth-order valence-electron chi connectivity index (χ4n) is 4.49. The van der Waals surface area contributed by atoms with Crippen molar-refractivity contribution in [3.63, 3.8) is 0 Å². The number of rotatable bonds is 5. The van der Waals surface area contributed by atoms with Gasteiger partial charge in [-0.2, -0.15) is 0 Å². The van der Waals surface area contributed by atoms with Gasteiger partial charge in [0.15, 0.2) is 5.65 Å². The maximum Gasteiger partial charge on any atom is 0.330 e. The van der Waals surface area contributed by atoms with Crippen LogP contribution in [-0.2, 0) is 17.3 Å². The molecule has 0 bridgehead atoms. The maximum atomic E-state index is 13.7. The van der Waals surface area contributed by atoms with Crippen molar-refractivity contribution in [1.29, 1.82) is 0 Å². The molecule has 1 fully saturated rings. The molecule has 0 unspecified atom stereocenters. The summed E-state index contributed by atoms with van der Waals surface area (Å²) < 4.78 is 40.5. The first-order valence-corrected chi connectivity index (χ1v) is 10.5.